The van der Waals surface area contributed by atoms with Crippen LogP contribution in [0.25, 0.3) is 4.96 Å². The fourth-order valence-corrected chi connectivity index (χ4v) is 3.03. The lowest BCUT2D eigenvalue weighted by molar-refractivity contribution is -0.140. The lowest BCUT2D eigenvalue weighted by Gasteiger charge is -2.00. The molecule has 0 fully saturated rings. The number of fused-ring (bicyclic) bond motifs is 1. The zero-order valence-corrected chi connectivity index (χ0v) is 11.2. The van der Waals surface area contributed by atoms with Crippen molar-refractivity contribution in [1.29, 1.82) is 0 Å². The van der Waals surface area contributed by atoms with Gasteiger partial charge in [-0.3, -0.25) is 9.20 Å². The number of imidazole rings is 1. The van der Waals surface area contributed by atoms with Crippen molar-refractivity contribution >= 4 is 38.2 Å². The van der Waals surface area contributed by atoms with Crippen LogP contribution < -0.4 is 0 Å². The van der Waals surface area contributed by atoms with Crippen molar-refractivity contribution in [1.82, 2.24) is 9.38 Å². The maximum Gasteiger partial charge on any atom is 0.305 e. The summed E-state index contributed by atoms with van der Waals surface area (Å²) < 4.78 is 7.61. The first-order chi connectivity index (χ1) is 7.72. The highest BCUT2D eigenvalue weighted by molar-refractivity contribution is 9.10. The molecule has 0 aromatic carbocycles. The van der Waals surface area contributed by atoms with Crippen LogP contribution in [0.2, 0.25) is 0 Å². The Balaban J connectivity index is 2.04. The molecular formula is C10H11BrN2O2S. The quantitative estimate of drug-likeness (QED) is 0.816. The number of thiazole rings is 1. The molecule has 0 aliphatic rings. The molecule has 2 aromatic rings. The molecule has 0 aliphatic carbocycles. The SMILES string of the molecule is COC(=O)CCCc1csc2ncc(Br)n12. The standard InChI is InChI=1S/C10H11BrN2O2S/c1-15-9(14)4-2-3-7-6-16-10-12-5-8(11)13(7)10/h5-6H,2-4H2,1H3. The highest BCUT2D eigenvalue weighted by Crippen LogP contribution is 2.22. The van der Waals surface area contributed by atoms with Gasteiger partial charge in [0.15, 0.2) is 4.96 Å². The Bertz CT molecular complexity index is 506. The average Bonchev–Trinajstić information content (AvgIpc) is 2.83. The molecule has 4 nitrogen and oxygen atoms in total. The minimum Gasteiger partial charge on any atom is -0.469 e. The van der Waals surface area contributed by atoms with Crippen LogP contribution in [0.3, 0.4) is 0 Å². The van der Waals surface area contributed by atoms with Crippen molar-refractivity contribution < 1.29 is 9.53 Å². The van der Waals surface area contributed by atoms with E-state index in [1.807, 2.05) is 0 Å². The Kier molecular flexibility index (Phi) is 3.60. The van der Waals surface area contributed by atoms with E-state index in [2.05, 4.69) is 35.4 Å². The number of carbonyl (C=O) groups is 1. The molecule has 86 valence electrons. The van der Waals surface area contributed by atoms with Crippen molar-refractivity contribution in [2.75, 3.05) is 7.11 Å². The number of rotatable bonds is 4. The number of halogens is 1. The molecular weight excluding hydrogens is 292 g/mol. The third-order valence-electron chi connectivity index (χ3n) is 2.32. The number of carbonyl (C=O) groups excluding carboxylic acids is 1. The molecule has 6 heteroatoms. The average molecular weight is 303 g/mol. The molecule has 0 atom stereocenters. The highest BCUT2D eigenvalue weighted by Gasteiger charge is 2.08. The summed E-state index contributed by atoms with van der Waals surface area (Å²) in [5.41, 5.74) is 1.17. The van der Waals surface area contributed by atoms with E-state index in [0.717, 1.165) is 22.4 Å². The van der Waals surface area contributed by atoms with Crippen molar-refractivity contribution in [3.05, 3.63) is 21.9 Å². The molecule has 0 aliphatic heterocycles. The molecule has 0 saturated heterocycles. The predicted octanol–water partition coefficient (Wildman–Crippen LogP) is 2.65. The number of esters is 1. The van der Waals surface area contributed by atoms with Crippen LogP contribution in [-0.4, -0.2) is 22.5 Å². The van der Waals surface area contributed by atoms with Crippen molar-refractivity contribution in [2.45, 2.75) is 19.3 Å². The number of aryl methyl sites for hydroxylation is 1. The third kappa shape index (κ3) is 2.27. The zero-order valence-electron chi connectivity index (χ0n) is 8.77. The van der Waals surface area contributed by atoms with E-state index in [-0.39, 0.29) is 5.97 Å². The van der Waals surface area contributed by atoms with Crippen LogP contribution in [0.4, 0.5) is 0 Å². The van der Waals surface area contributed by atoms with Crippen molar-refractivity contribution in [2.24, 2.45) is 0 Å². The van der Waals surface area contributed by atoms with Gasteiger partial charge in [-0.2, -0.15) is 0 Å². The summed E-state index contributed by atoms with van der Waals surface area (Å²) in [7, 11) is 1.41. The highest BCUT2D eigenvalue weighted by atomic mass is 79.9. The van der Waals surface area contributed by atoms with Gasteiger partial charge in [-0.1, -0.05) is 0 Å². The molecule has 2 heterocycles. The van der Waals surface area contributed by atoms with E-state index in [4.69, 9.17) is 0 Å². The van der Waals surface area contributed by atoms with Crippen LogP contribution in [0, 0.1) is 0 Å². The van der Waals surface area contributed by atoms with Crippen molar-refractivity contribution in [3.63, 3.8) is 0 Å². The molecule has 0 saturated carbocycles. The monoisotopic (exact) mass is 302 g/mol. The number of hydrogen-bond acceptors (Lipinski definition) is 4. The lowest BCUT2D eigenvalue weighted by atomic mass is 10.2. The number of ether oxygens (including phenoxy) is 1. The van der Waals surface area contributed by atoms with Gasteiger partial charge in [-0.25, -0.2) is 4.98 Å². The fraction of sp³-hybridized carbons (Fsp3) is 0.400. The van der Waals surface area contributed by atoms with Crippen LogP contribution >= 0.6 is 27.3 Å². The van der Waals surface area contributed by atoms with E-state index in [9.17, 15) is 4.79 Å². The fourth-order valence-electron chi connectivity index (χ4n) is 1.52. The largest absolute Gasteiger partial charge is 0.469 e. The van der Waals surface area contributed by atoms with E-state index < -0.39 is 0 Å². The summed E-state index contributed by atoms with van der Waals surface area (Å²) in [6.45, 7) is 0. The molecule has 0 amide bonds. The van der Waals surface area contributed by atoms with Gasteiger partial charge in [-0.05, 0) is 28.8 Å². The van der Waals surface area contributed by atoms with E-state index in [0.29, 0.717) is 6.42 Å². The maximum atomic E-state index is 11.0. The summed E-state index contributed by atoms with van der Waals surface area (Å²) in [4.78, 5) is 16.2. The van der Waals surface area contributed by atoms with Gasteiger partial charge in [-0.15, -0.1) is 11.3 Å². The first-order valence-electron chi connectivity index (χ1n) is 4.88. The topological polar surface area (TPSA) is 43.6 Å². The molecule has 2 aromatic heterocycles. The molecule has 0 unspecified atom stereocenters. The Labute approximate surface area is 105 Å². The second kappa shape index (κ2) is 4.97. The smallest absolute Gasteiger partial charge is 0.305 e. The Hall–Kier alpha value is -0.880. The van der Waals surface area contributed by atoms with Gasteiger partial charge in [0, 0.05) is 17.5 Å². The van der Waals surface area contributed by atoms with Crippen LogP contribution in [0.15, 0.2) is 16.2 Å². The van der Waals surface area contributed by atoms with Gasteiger partial charge in [0.2, 0.25) is 0 Å². The van der Waals surface area contributed by atoms with E-state index >= 15 is 0 Å². The minimum atomic E-state index is -0.156. The molecule has 0 radical (unpaired) electrons. The van der Waals surface area contributed by atoms with Gasteiger partial charge in [0.25, 0.3) is 0 Å². The summed E-state index contributed by atoms with van der Waals surface area (Å²) in [5.74, 6) is -0.156. The number of methoxy groups -OCH3 is 1. The van der Waals surface area contributed by atoms with Gasteiger partial charge in [0.05, 0.1) is 13.3 Å². The summed E-state index contributed by atoms with van der Waals surface area (Å²) in [6, 6.07) is 0. The maximum absolute atomic E-state index is 11.0. The third-order valence-corrected chi connectivity index (χ3v) is 3.76. The lowest BCUT2D eigenvalue weighted by Crippen LogP contribution is -2.01. The zero-order chi connectivity index (χ0) is 11.5. The first-order valence-corrected chi connectivity index (χ1v) is 6.56. The van der Waals surface area contributed by atoms with Crippen LogP contribution in [0.5, 0.6) is 0 Å². The first kappa shape index (κ1) is 11.6. The van der Waals surface area contributed by atoms with Crippen LogP contribution in [-0.2, 0) is 16.0 Å². The number of aromatic nitrogens is 2. The second-order valence-corrected chi connectivity index (χ2v) is 5.00. The van der Waals surface area contributed by atoms with Crippen LogP contribution in [0.1, 0.15) is 18.5 Å². The molecule has 0 bridgehead atoms. The molecule has 2 rings (SSSR count). The Morgan fingerprint density at radius 3 is 3.25 bits per heavy atom. The number of hydrogen-bond donors (Lipinski definition) is 0. The van der Waals surface area contributed by atoms with Gasteiger partial charge >= 0.3 is 5.97 Å². The Morgan fingerprint density at radius 1 is 1.69 bits per heavy atom. The summed E-state index contributed by atoms with van der Waals surface area (Å²) in [5, 5.41) is 2.07. The minimum absolute atomic E-state index is 0.156. The summed E-state index contributed by atoms with van der Waals surface area (Å²) >= 11 is 5.05. The summed E-state index contributed by atoms with van der Waals surface area (Å²) in [6.07, 6.45) is 3.89. The molecule has 0 spiro atoms. The van der Waals surface area contributed by atoms with Crippen molar-refractivity contribution in [3.8, 4) is 0 Å². The van der Waals surface area contributed by atoms with Gasteiger partial charge in [0.1, 0.15) is 4.60 Å². The molecule has 16 heavy (non-hydrogen) atoms. The normalized spacial score (nSPS) is 10.9. The second-order valence-electron chi connectivity index (χ2n) is 3.36. The number of nitrogens with zero attached hydrogens (tertiary/aromatic N) is 2. The van der Waals surface area contributed by atoms with E-state index in [1.54, 1.807) is 17.5 Å². The Morgan fingerprint density at radius 2 is 2.50 bits per heavy atom. The molecule has 0 N–H and O–H groups in total. The van der Waals surface area contributed by atoms with E-state index in [1.165, 1.54) is 12.8 Å². The predicted molar refractivity (Wildman–Crippen MR) is 65.7 cm³/mol. The van der Waals surface area contributed by atoms with Gasteiger partial charge < -0.3 is 4.74 Å².